The molecule has 2 saturated heterocycles. The van der Waals surface area contributed by atoms with Gasteiger partial charge in [-0.1, -0.05) is 0 Å². The second-order valence-electron chi connectivity index (χ2n) is 11.1. The molecule has 1 aromatic heterocycles. The van der Waals surface area contributed by atoms with Crippen molar-refractivity contribution in [2.75, 3.05) is 44.3 Å². The molecule has 0 aromatic carbocycles. The van der Waals surface area contributed by atoms with Gasteiger partial charge in [-0.2, -0.15) is 13.2 Å². The zero-order valence-electron chi connectivity index (χ0n) is 21.1. The molecule has 2 amide bonds. The summed E-state index contributed by atoms with van der Waals surface area (Å²) in [7, 11) is 0. The molecule has 0 spiro atoms. The highest BCUT2D eigenvalue weighted by Crippen LogP contribution is 2.51. The van der Waals surface area contributed by atoms with Crippen LogP contribution >= 0.6 is 0 Å². The number of aromatic nitrogens is 1. The van der Waals surface area contributed by atoms with Crippen molar-refractivity contribution in [2.45, 2.75) is 64.2 Å². The first-order chi connectivity index (χ1) is 16.8. The monoisotopic (exact) mass is 512 g/mol. The lowest BCUT2D eigenvalue weighted by atomic mass is 9.71. The zero-order chi connectivity index (χ0) is 26.3. The van der Waals surface area contributed by atoms with E-state index in [0.29, 0.717) is 58.7 Å². The van der Waals surface area contributed by atoms with Crippen LogP contribution in [0.2, 0.25) is 0 Å². The smallest absolute Gasteiger partial charge is 0.416 e. The van der Waals surface area contributed by atoms with Crippen LogP contribution in [-0.4, -0.2) is 82.9 Å². The summed E-state index contributed by atoms with van der Waals surface area (Å²) in [6, 6.07) is 1.73. The first-order valence-electron chi connectivity index (χ1n) is 12.5. The fourth-order valence-electron chi connectivity index (χ4n) is 6.19. The van der Waals surface area contributed by atoms with E-state index in [1.165, 1.54) is 4.90 Å². The van der Waals surface area contributed by atoms with Gasteiger partial charge in [0, 0.05) is 50.6 Å². The number of carbonyl (C=O) groups is 2. The summed E-state index contributed by atoms with van der Waals surface area (Å²) in [4.78, 5) is 35.3. The van der Waals surface area contributed by atoms with E-state index in [2.05, 4.69) is 4.98 Å². The molecule has 3 heterocycles. The van der Waals surface area contributed by atoms with Crippen LogP contribution in [0.15, 0.2) is 18.3 Å². The van der Waals surface area contributed by atoms with Crippen LogP contribution in [0.5, 0.6) is 0 Å². The molecule has 4 rings (SSSR count). The molecule has 2 aliphatic heterocycles. The largest absolute Gasteiger partial charge is 0.465 e. The summed E-state index contributed by atoms with van der Waals surface area (Å²) in [5.74, 6) is 0.282. The van der Waals surface area contributed by atoms with Gasteiger partial charge in [-0.15, -0.1) is 0 Å². The van der Waals surface area contributed by atoms with Crippen LogP contribution in [0.1, 0.15) is 52.0 Å². The maximum atomic E-state index is 14.0. The maximum Gasteiger partial charge on any atom is 0.416 e. The van der Waals surface area contributed by atoms with Crippen molar-refractivity contribution in [2.24, 2.45) is 11.3 Å². The standard InChI is InChI=1S/C25H35F3N4O4/c1-23(2,3)32(22(34)35)19-4-7-24(15-19,18-6-13-36-16-18)21(33)31-11-9-30(10-12-31)20-14-17(5-8-29-20)25(26,27)28/h5,8,14,18-19H,4,6-7,9-13,15-16H2,1-3H3,(H,34,35)/t18-,19-,24?/m1/s1. The van der Waals surface area contributed by atoms with Gasteiger partial charge in [0.25, 0.3) is 0 Å². The summed E-state index contributed by atoms with van der Waals surface area (Å²) >= 11 is 0. The van der Waals surface area contributed by atoms with Crippen molar-refractivity contribution in [3.63, 3.8) is 0 Å². The first kappa shape index (κ1) is 26.5. The number of pyridine rings is 1. The van der Waals surface area contributed by atoms with Gasteiger partial charge in [0.15, 0.2) is 0 Å². The van der Waals surface area contributed by atoms with Crippen molar-refractivity contribution in [1.82, 2.24) is 14.8 Å². The van der Waals surface area contributed by atoms with Crippen LogP contribution in [-0.2, 0) is 15.7 Å². The number of alkyl halides is 3. The Labute approximate surface area is 209 Å². The molecule has 200 valence electrons. The Hall–Kier alpha value is -2.56. The number of carbonyl (C=O) groups excluding carboxylic acids is 1. The van der Waals surface area contributed by atoms with E-state index in [1.54, 1.807) is 9.80 Å². The van der Waals surface area contributed by atoms with E-state index in [1.807, 2.05) is 20.8 Å². The number of anilines is 1. The van der Waals surface area contributed by atoms with Gasteiger partial charge in [-0.25, -0.2) is 9.78 Å². The van der Waals surface area contributed by atoms with E-state index >= 15 is 0 Å². The molecule has 3 aliphatic rings. The minimum Gasteiger partial charge on any atom is -0.465 e. The van der Waals surface area contributed by atoms with Gasteiger partial charge in [-0.05, 0) is 64.5 Å². The van der Waals surface area contributed by atoms with E-state index in [4.69, 9.17) is 4.74 Å². The Morgan fingerprint density at radius 1 is 1.17 bits per heavy atom. The molecule has 3 fully saturated rings. The Balaban J connectivity index is 1.50. The van der Waals surface area contributed by atoms with Crippen LogP contribution in [0, 0.1) is 11.3 Å². The van der Waals surface area contributed by atoms with Crippen LogP contribution < -0.4 is 4.90 Å². The molecule has 3 atom stereocenters. The molecule has 11 heteroatoms. The highest BCUT2D eigenvalue weighted by Gasteiger charge is 2.55. The number of hydrogen-bond donors (Lipinski definition) is 1. The van der Waals surface area contributed by atoms with Crippen LogP contribution in [0.3, 0.4) is 0 Å². The fraction of sp³-hybridized carbons (Fsp3) is 0.720. The van der Waals surface area contributed by atoms with Gasteiger partial charge in [0.2, 0.25) is 5.91 Å². The molecular formula is C25H35F3N4O4. The molecule has 1 aromatic rings. The molecule has 1 saturated carbocycles. The number of rotatable bonds is 4. The lowest BCUT2D eigenvalue weighted by molar-refractivity contribution is -0.146. The van der Waals surface area contributed by atoms with Gasteiger partial charge in [0.05, 0.1) is 17.6 Å². The quantitative estimate of drug-likeness (QED) is 0.654. The Kier molecular flexibility index (Phi) is 7.15. The molecule has 1 N–H and O–H groups in total. The lowest BCUT2D eigenvalue weighted by Crippen LogP contribution is -2.56. The second kappa shape index (κ2) is 9.72. The van der Waals surface area contributed by atoms with E-state index < -0.39 is 28.8 Å². The zero-order valence-corrected chi connectivity index (χ0v) is 21.1. The van der Waals surface area contributed by atoms with Crippen molar-refractivity contribution >= 4 is 17.8 Å². The van der Waals surface area contributed by atoms with Crippen molar-refractivity contribution < 1.29 is 32.6 Å². The lowest BCUT2D eigenvalue weighted by Gasteiger charge is -2.43. The first-order valence-corrected chi connectivity index (χ1v) is 12.5. The average Bonchev–Trinajstić information content (AvgIpc) is 3.48. The van der Waals surface area contributed by atoms with Crippen molar-refractivity contribution in [3.05, 3.63) is 23.9 Å². The summed E-state index contributed by atoms with van der Waals surface area (Å²) in [6.45, 7) is 8.16. The minimum absolute atomic E-state index is 0.0106. The summed E-state index contributed by atoms with van der Waals surface area (Å²) in [6.07, 6.45) is -1.84. The predicted octanol–water partition coefficient (Wildman–Crippen LogP) is 4.10. The molecule has 36 heavy (non-hydrogen) atoms. The number of halogens is 3. The summed E-state index contributed by atoms with van der Waals surface area (Å²) in [5.41, 5.74) is -2.03. The second-order valence-corrected chi connectivity index (χ2v) is 11.1. The summed E-state index contributed by atoms with van der Waals surface area (Å²) < 4.78 is 45.0. The molecule has 0 radical (unpaired) electrons. The van der Waals surface area contributed by atoms with E-state index in [9.17, 15) is 27.9 Å². The highest BCUT2D eigenvalue weighted by molar-refractivity contribution is 5.84. The molecular weight excluding hydrogens is 477 g/mol. The van der Waals surface area contributed by atoms with Gasteiger partial charge in [-0.3, -0.25) is 4.79 Å². The molecule has 1 aliphatic carbocycles. The van der Waals surface area contributed by atoms with Crippen molar-refractivity contribution in [3.8, 4) is 0 Å². The number of piperazine rings is 1. The Morgan fingerprint density at radius 2 is 1.86 bits per heavy atom. The number of amides is 2. The number of nitrogens with zero attached hydrogens (tertiary/aromatic N) is 4. The third-order valence-corrected chi connectivity index (χ3v) is 7.92. The van der Waals surface area contributed by atoms with E-state index in [-0.39, 0.29) is 23.7 Å². The van der Waals surface area contributed by atoms with Crippen LogP contribution in [0.4, 0.5) is 23.8 Å². The summed E-state index contributed by atoms with van der Waals surface area (Å²) in [5, 5.41) is 9.92. The van der Waals surface area contributed by atoms with Gasteiger partial charge < -0.3 is 24.5 Å². The van der Waals surface area contributed by atoms with Crippen molar-refractivity contribution in [1.29, 1.82) is 0 Å². The number of hydrogen-bond acceptors (Lipinski definition) is 5. The fourth-order valence-corrected chi connectivity index (χ4v) is 6.19. The molecule has 8 nitrogen and oxygen atoms in total. The third kappa shape index (κ3) is 5.12. The van der Waals surface area contributed by atoms with Gasteiger partial charge in [0.1, 0.15) is 5.82 Å². The van der Waals surface area contributed by atoms with E-state index in [0.717, 1.165) is 24.8 Å². The molecule has 0 bridgehead atoms. The average molecular weight is 513 g/mol. The highest BCUT2D eigenvalue weighted by atomic mass is 19.4. The Morgan fingerprint density at radius 3 is 2.42 bits per heavy atom. The van der Waals surface area contributed by atoms with Gasteiger partial charge >= 0.3 is 12.3 Å². The SMILES string of the molecule is CC(C)(C)N(C(=O)O)[C@@H]1CCC(C(=O)N2CCN(c3cc(C(F)(F)F)ccn3)CC2)([C@@H]2CCOC2)C1. The molecule has 1 unspecified atom stereocenters. The topological polar surface area (TPSA) is 86.2 Å². The maximum absolute atomic E-state index is 14.0. The number of carboxylic acid groups (broad SMARTS) is 1. The minimum atomic E-state index is -4.44. The third-order valence-electron chi connectivity index (χ3n) is 7.92. The predicted molar refractivity (Wildman–Crippen MR) is 127 cm³/mol. The Bertz CT molecular complexity index is 969. The normalized spacial score (nSPS) is 27.4. The number of ether oxygens (including phenoxy) is 1. The van der Waals surface area contributed by atoms with Crippen LogP contribution in [0.25, 0.3) is 0 Å².